The zero-order valence-electron chi connectivity index (χ0n) is 12.4. The highest BCUT2D eigenvalue weighted by atomic mass is 32.1. The quantitative estimate of drug-likeness (QED) is 0.798. The van der Waals surface area contributed by atoms with Crippen LogP contribution in [0.2, 0.25) is 0 Å². The van der Waals surface area contributed by atoms with E-state index in [0.29, 0.717) is 6.04 Å². The van der Waals surface area contributed by atoms with E-state index in [4.69, 9.17) is 0 Å². The van der Waals surface area contributed by atoms with Crippen LogP contribution in [0.4, 0.5) is 0 Å². The highest BCUT2D eigenvalue weighted by Crippen LogP contribution is 2.19. The number of hydrogen-bond acceptors (Lipinski definition) is 3. The highest BCUT2D eigenvalue weighted by molar-refractivity contribution is 7.11. The Morgan fingerprint density at radius 3 is 2.70 bits per heavy atom. The molecule has 0 saturated heterocycles. The minimum atomic E-state index is 0.559. The number of rotatable bonds is 8. The van der Waals surface area contributed by atoms with Gasteiger partial charge in [0.1, 0.15) is 0 Å². The van der Waals surface area contributed by atoms with E-state index in [1.165, 1.54) is 21.7 Å². The van der Waals surface area contributed by atoms with Gasteiger partial charge in [-0.3, -0.25) is 4.98 Å². The molecule has 20 heavy (non-hydrogen) atoms. The van der Waals surface area contributed by atoms with Gasteiger partial charge in [0, 0.05) is 28.2 Å². The molecule has 0 aromatic carbocycles. The maximum absolute atomic E-state index is 4.19. The third-order valence-electron chi connectivity index (χ3n) is 3.51. The van der Waals surface area contributed by atoms with E-state index in [2.05, 4.69) is 42.3 Å². The van der Waals surface area contributed by atoms with Crippen molar-refractivity contribution in [2.75, 3.05) is 6.54 Å². The van der Waals surface area contributed by atoms with Gasteiger partial charge in [-0.15, -0.1) is 11.3 Å². The van der Waals surface area contributed by atoms with Crippen LogP contribution in [0.1, 0.15) is 35.6 Å². The van der Waals surface area contributed by atoms with Gasteiger partial charge in [0.05, 0.1) is 0 Å². The number of nitrogens with one attached hydrogen (secondary N) is 1. The van der Waals surface area contributed by atoms with E-state index in [9.17, 15) is 0 Å². The van der Waals surface area contributed by atoms with E-state index in [1.807, 2.05) is 29.8 Å². The van der Waals surface area contributed by atoms with Crippen LogP contribution in [0.5, 0.6) is 0 Å². The molecule has 0 saturated carbocycles. The molecule has 1 atom stereocenters. The molecule has 0 amide bonds. The molecule has 1 unspecified atom stereocenters. The van der Waals surface area contributed by atoms with Crippen molar-refractivity contribution < 1.29 is 0 Å². The van der Waals surface area contributed by atoms with Gasteiger partial charge in [-0.25, -0.2) is 0 Å². The van der Waals surface area contributed by atoms with Gasteiger partial charge in [0.2, 0.25) is 0 Å². The zero-order chi connectivity index (χ0) is 14.2. The van der Waals surface area contributed by atoms with E-state index in [0.717, 1.165) is 25.8 Å². The molecule has 2 aromatic heterocycles. The molecular weight excluding hydrogens is 264 g/mol. The summed E-state index contributed by atoms with van der Waals surface area (Å²) in [5.41, 5.74) is 1.33. The number of nitrogens with zero attached hydrogens (tertiary/aromatic N) is 1. The van der Waals surface area contributed by atoms with Crippen LogP contribution in [-0.4, -0.2) is 17.6 Å². The highest BCUT2D eigenvalue weighted by Gasteiger charge is 2.10. The lowest BCUT2D eigenvalue weighted by Crippen LogP contribution is -2.31. The Labute approximate surface area is 126 Å². The first-order valence-electron chi connectivity index (χ1n) is 7.51. The third-order valence-corrected chi connectivity index (χ3v) is 4.76. The molecule has 1 N–H and O–H groups in total. The molecule has 0 bridgehead atoms. The molecule has 0 aliphatic heterocycles. The maximum Gasteiger partial charge on any atom is 0.0299 e. The van der Waals surface area contributed by atoms with Crippen molar-refractivity contribution in [2.45, 2.75) is 45.6 Å². The van der Waals surface area contributed by atoms with Gasteiger partial charge in [-0.05, 0) is 56.0 Å². The molecule has 2 aromatic rings. The van der Waals surface area contributed by atoms with Gasteiger partial charge in [-0.1, -0.05) is 19.9 Å². The molecule has 0 radical (unpaired) electrons. The topological polar surface area (TPSA) is 24.9 Å². The number of pyridine rings is 1. The van der Waals surface area contributed by atoms with Gasteiger partial charge >= 0.3 is 0 Å². The molecule has 2 nitrogen and oxygen atoms in total. The van der Waals surface area contributed by atoms with Crippen LogP contribution in [0, 0.1) is 0 Å². The van der Waals surface area contributed by atoms with Crippen molar-refractivity contribution in [3.63, 3.8) is 0 Å². The van der Waals surface area contributed by atoms with Crippen LogP contribution < -0.4 is 5.32 Å². The number of thiophene rings is 1. The predicted molar refractivity (Wildman–Crippen MR) is 87.4 cm³/mol. The summed E-state index contributed by atoms with van der Waals surface area (Å²) in [6, 6.07) is 9.30. The van der Waals surface area contributed by atoms with Gasteiger partial charge < -0.3 is 5.32 Å². The summed E-state index contributed by atoms with van der Waals surface area (Å²) in [5.74, 6) is 0. The SMILES string of the molecule is CCNC(CCc1cccnc1)Cc1ccc(CC)s1. The van der Waals surface area contributed by atoms with Crippen LogP contribution in [-0.2, 0) is 19.3 Å². The summed E-state index contributed by atoms with van der Waals surface area (Å²) in [5, 5.41) is 3.61. The van der Waals surface area contributed by atoms with E-state index in [-0.39, 0.29) is 0 Å². The minimum Gasteiger partial charge on any atom is -0.314 e. The van der Waals surface area contributed by atoms with Gasteiger partial charge in [0.25, 0.3) is 0 Å². The molecule has 2 heterocycles. The van der Waals surface area contributed by atoms with Crippen LogP contribution in [0.3, 0.4) is 0 Å². The second-order valence-corrected chi connectivity index (χ2v) is 6.33. The minimum absolute atomic E-state index is 0.559. The van der Waals surface area contributed by atoms with Crippen molar-refractivity contribution >= 4 is 11.3 Å². The number of aryl methyl sites for hydroxylation is 2. The second-order valence-electron chi connectivity index (χ2n) is 5.08. The molecular formula is C17H24N2S. The Kier molecular flexibility index (Phi) is 6.22. The predicted octanol–water partition coefficient (Wildman–Crippen LogP) is 3.86. The third kappa shape index (κ3) is 4.73. The lowest BCUT2D eigenvalue weighted by atomic mass is 10.0. The van der Waals surface area contributed by atoms with Gasteiger partial charge in [-0.2, -0.15) is 0 Å². The molecule has 3 heteroatoms. The van der Waals surface area contributed by atoms with E-state index in [1.54, 1.807) is 0 Å². The molecule has 0 fully saturated rings. The zero-order valence-corrected chi connectivity index (χ0v) is 13.2. The average Bonchev–Trinajstić information content (AvgIpc) is 2.94. The van der Waals surface area contributed by atoms with Crippen molar-refractivity contribution in [1.82, 2.24) is 10.3 Å². The summed E-state index contributed by atoms with van der Waals surface area (Å²) < 4.78 is 0. The molecule has 0 aliphatic carbocycles. The molecule has 2 rings (SSSR count). The lowest BCUT2D eigenvalue weighted by Gasteiger charge is -2.17. The van der Waals surface area contributed by atoms with Gasteiger partial charge in [0.15, 0.2) is 0 Å². The number of aromatic nitrogens is 1. The van der Waals surface area contributed by atoms with Crippen LogP contribution in [0.15, 0.2) is 36.7 Å². The number of hydrogen-bond donors (Lipinski definition) is 1. The van der Waals surface area contributed by atoms with Crippen molar-refractivity contribution in [3.05, 3.63) is 52.0 Å². The number of likely N-dealkylation sites (N-methyl/N-ethyl adjacent to an activating group) is 1. The first-order chi connectivity index (χ1) is 9.81. The van der Waals surface area contributed by atoms with Crippen LogP contribution in [0.25, 0.3) is 0 Å². The van der Waals surface area contributed by atoms with Crippen molar-refractivity contribution in [1.29, 1.82) is 0 Å². The summed E-state index contributed by atoms with van der Waals surface area (Å²) in [6.45, 7) is 5.44. The first kappa shape index (κ1) is 15.2. The van der Waals surface area contributed by atoms with E-state index < -0.39 is 0 Å². The summed E-state index contributed by atoms with van der Waals surface area (Å²) in [4.78, 5) is 7.18. The Hall–Kier alpha value is -1.19. The summed E-state index contributed by atoms with van der Waals surface area (Å²) in [6.07, 6.45) is 8.36. The fraction of sp³-hybridized carbons (Fsp3) is 0.471. The Balaban J connectivity index is 1.89. The Morgan fingerprint density at radius 2 is 2.05 bits per heavy atom. The first-order valence-corrected chi connectivity index (χ1v) is 8.33. The van der Waals surface area contributed by atoms with Crippen LogP contribution >= 0.6 is 11.3 Å². The fourth-order valence-corrected chi connectivity index (χ4v) is 3.45. The second kappa shape index (κ2) is 8.18. The summed E-state index contributed by atoms with van der Waals surface area (Å²) >= 11 is 1.96. The largest absolute Gasteiger partial charge is 0.314 e. The average molecular weight is 288 g/mol. The monoisotopic (exact) mass is 288 g/mol. The fourth-order valence-electron chi connectivity index (χ4n) is 2.42. The molecule has 108 valence electrons. The Bertz CT molecular complexity index is 493. The van der Waals surface area contributed by atoms with E-state index >= 15 is 0 Å². The standard InChI is InChI=1S/C17H24N2S/c1-3-16-9-10-17(20-16)12-15(19-4-2)8-7-14-6-5-11-18-13-14/h5-6,9-11,13,15,19H,3-4,7-8,12H2,1-2H3. The smallest absolute Gasteiger partial charge is 0.0299 e. The van der Waals surface area contributed by atoms with Crippen molar-refractivity contribution in [3.8, 4) is 0 Å². The lowest BCUT2D eigenvalue weighted by molar-refractivity contribution is 0.493. The Morgan fingerprint density at radius 1 is 1.20 bits per heavy atom. The van der Waals surface area contributed by atoms with Crippen molar-refractivity contribution in [2.24, 2.45) is 0 Å². The normalized spacial score (nSPS) is 12.5. The molecule has 0 spiro atoms. The summed E-state index contributed by atoms with van der Waals surface area (Å²) in [7, 11) is 0. The maximum atomic E-state index is 4.19. The molecule has 0 aliphatic rings.